The smallest absolute Gasteiger partial charge is 0.132 e. The molecule has 0 unspecified atom stereocenters. The molecule has 0 spiro atoms. The van der Waals surface area contributed by atoms with Crippen LogP contribution in [0.5, 0.6) is 0 Å². The van der Waals surface area contributed by atoms with Crippen molar-refractivity contribution in [2.45, 2.75) is 0 Å². The normalized spacial score (nSPS) is 9.74. The van der Waals surface area contributed by atoms with Gasteiger partial charge in [0.2, 0.25) is 0 Å². The third-order valence-electron chi connectivity index (χ3n) is 2.51. The van der Waals surface area contributed by atoms with E-state index in [1.54, 1.807) is 48.5 Å². The molecule has 2 aromatic heterocycles. The second-order valence-corrected chi connectivity index (χ2v) is 5.42. The van der Waals surface area contributed by atoms with Crippen molar-refractivity contribution >= 4 is 46.3 Å². The van der Waals surface area contributed by atoms with Gasteiger partial charge in [-0.2, -0.15) is 0 Å². The largest absolute Gasteiger partial charge is 0.340 e. The number of nitrogens with zero attached hydrogens (tertiary/aromatic N) is 2. The number of hydrogen-bond donors (Lipinski definition) is 1. The molecular weight excluding hydrogens is 360 g/mol. The predicted octanol–water partition coefficient (Wildman–Crippen LogP) is 6.01. The van der Waals surface area contributed by atoms with E-state index in [1.165, 1.54) is 12.1 Å². The second kappa shape index (κ2) is 8.67. The summed E-state index contributed by atoms with van der Waals surface area (Å²) in [5.41, 5.74) is 0.770. The van der Waals surface area contributed by atoms with E-state index in [9.17, 15) is 4.39 Å². The van der Waals surface area contributed by atoms with Gasteiger partial charge in [-0.3, -0.25) is 0 Å². The molecule has 3 aromatic rings. The Hall–Kier alpha value is -1.88. The van der Waals surface area contributed by atoms with Gasteiger partial charge in [-0.05, 0) is 48.5 Å². The molecular formula is C16H11Cl3FN3. The number of anilines is 2. The first-order valence-electron chi connectivity index (χ1n) is 6.46. The van der Waals surface area contributed by atoms with E-state index in [1.807, 2.05) is 0 Å². The summed E-state index contributed by atoms with van der Waals surface area (Å²) < 4.78 is 12.6. The lowest BCUT2D eigenvalue weighted by molar-refractivity contribution is 0.628. The van der Waals surface area contributed by atoms with Crippen LogP contribution in [0.3, 0.4) is 0 Å². The summed E-state index contributed by atoms with van der Waals surface area (Å²) in [6, 6.07) is 16.4. The Kier molecular flexibility index (Phi) is 6.59. The maximum atomic E-state index is 12.6. The molecule has 0 fully saturated rings. The zero-order chi connectivity index (χ0) is 16.7. The van der Waals surface area contributed by atoms with Crippen LogP contribution in [0, 0.1) is 5.82 Å². The highest BCUT2D eigenvalue weighted by atomic mass is 35.5. The van der Waals surface area contributed by atoms with Gasteiger partial charge in [-0.1, -0.05) is 46.9 Å². The number of halogens is 4. The minimum Gasteiger partial charge on any atom is -0.340 e. The summed E-state index contributed by atoms with van der Waals surface area (Å²) in [7, 11) is 0. The molecule has 0 amide bonds. The molecule has 0 saturated heterocycles. The Morgan fingerprint density at radius 3 is 1.70 bits per heavy atom. The number of nitrogens with one attached hydrogen (secondary N) is 1. The average molecular weight is 371 g/mol. The van der Waals surface area contributed by atoms with Crippen LogP contribution in [-0.4, -0.2) is 9.97 Å². The first kappa shape index (κ1) is 17.5. The minimum atomic E-state index is -0.264. The van der Waals surface area contributed by atoms with Crippen molar-refractivity contribution in [3.05, 3.63) is 81.9 Å². The van der Waals surface area contributed by atoms with Crippen molar-refractivity contribution in [1.29, 1.82) is 0 Å². The Balaban J connectivity index is 0.000000203. The van der Waals surface area contributed by atoms with Gasteiger partial charge in [0, 0.05) is 5.69 Å². The van der Waals surface area contributed by atoms with Gasteiger partial charge in [0.25, 0.3) is 0 Å². The highest BCUT2D eigenvalue weighted by Gasteiger charge is 1.97. The standard InChI is InChI=1S/C11H8ClFN2.C5H3Cl2N/c12-10-2-1-3-11(15-10)14-9-6-4-8(13)5-7-9;6-4-2-1-3-5(7)8-4/h1-7H,(H,14,15);1-3H. The van der Waals surface area contributed by atoms with Gasteiger partial charge < -0.3 is 5.32 Å². The molecule has 0 radical (unpaired) electrons. The van der Waals surface area contributed by atoms with Gasteiger partial charge in [0.15, 0.2) is 0 Å². The van der Waals surface area contributed by atoms with Crippen molar-refractivity contribution in [2.24, 2.45) is 0 Å². The SMILES string of the molecule is Clc1cccc(Cl)n1.Fc1ccc(Nc2cccc(Cl)n2)cc1. The van der Waals surface area contributed by atoms with E-state index in [-0.39, 0.29) is 5.82 Å². The number of pyridine rings is 2. The molecule has 3 nitrogen and oxygen atoms in total. The van der Waals surface area contributed by atoms with Crippen LogP contribution in [-0.2, 0) is 0 Å². The Morgan fingerprint density at radius 1 is 0.696 bits per heavy atom. The molecule has 0 atom stereocenters. The molecule has 0 aliphatic carbocycles. The van der Waals surface area contributed by atoms with Crippen LogP contribution in [0.4, 0.5) is 15.9 Å². The molecule has 23 heavy (non-hydrogen) atoms. The minimum absolute atomic E-state index is 0.264. The predicted molar refractivity (Wildman–Crippen MR) is 93.2 cm³/mol. The van der Waals surface area contributed by atoms with Crippen LogP contribution in [0.2, 0.25) is 15.5 Å². The van der Waals surface area contributed by atoms with Crippen LogP contribution < -0.4 is 5.32 Å². The van der Waals surface area contributed by atoms with Crippen molar-refractivity contribution < 1.29 is 4.39 Å². The molecule has 0 aliphatic rings. The number of rotatable bonds is 2. The molecule has 2 heterocycles. The maximum Gasteiger partial charge on any atom is 0.132 e. The quantitative estimate of drug-likeness (QED) is 0.562. The molecule has 3 rings (SSSR count). The van der Waals surface area contributed by atoms with E-state index >= 15 is 0 Å². The maximum absolute atomic E-state index is 12.6. The highest BCUT2D eigenvalue weighted by Crippen LogP contribution is 2.16. The topological polar surface area (TPSA) is 37.8 Å². The van der Waals surface area contributed by atoms with Crippen LogP contribution in [0.1, 0.15) is 0 Å². The summed E-state index contributed by atoms with van der Waals surface area (Å²) in [5, 5.41) is 4.28. The van der Waals surface area contributed by atoms with Crippen LogP contribution >= 0.6 is 34.8 Å². The van der Waals surface area contributed by atoms with E-state index < -0.39 is 0 Å². The number of aromatic nitrogens is 2. The lowest BCUT2D eigenvalue weighted by Crippen LogP contribution is -1.92. The highest BCUT2D eigenvalue weighted by molar-refractivity contribution is 6.32. The first-order valence-corrected chi connectivity index (χ1v) is 7.59. The van der Waals surface area contributed by atoms with E-state index in [0.29, 0.717) is 21.3 Å². The first-order chi connectivity index (χ1) is 11.0. The van der Waals surface area contributed by atoms with Gasteiger partial charge in [-0.25, -0.2) is 14.4 Å². The Labute approximate surface area is 148 Å². The molecule has 0 saturated carbocycles. The average Bonchev–Trinajstić information content (AvgIpc) is 2.50. The lowest BCUT2D eigenvalue weighted by atomic mass is 10.3. The van der Waals surface area contributed by atoms with Gasteiger partial charge in [0.1, 0.15) is 27.1 Å². The van der Waals surface area contributed by atoms with Gasteiger partial charge >= 0.3 is 0 Å². The fourth-order valence-electron chi connectivity index (χ4n) is 1.54. The van der Waals surface area contributed by atoms with Crippen molar-refractivity contribution in [3.63, 3.8) is 0 Å². The zero-order valence-electron chi connectivity index (χ0n) is 11.7. The monoisotopic (exact) mass is 369 g/mol. The summed E-state index contributed by atoms with van der Waals surface area (Å²) in [4.78, 5) is 7.76. The molecule has 7 heteroatoms. The fraction of sp³-hybridized carbons (Fsp3) is 0. The molecule has 118 valence electrons. The second-order valence-electron chi connectivity index (χ2n) is 4.26. The third-order valence-corrected chi connectivity index (χ3v) is 3.14. The molecule has 0 bridgehead atoms. The van der Waals surface area contributed by atoms with E-state index in [4.69, 9.17) is 34.8 Å². The molecule has 1 aromatic carbocycles. The summed E-state index contributed by atoms with van der Waals surface area (Å²) in [5.74, 6) is 0.369. The van der Waals surface area contributed by atoms with Gasteiger partial charge in [-0.15, -0.1) is 0 Å². The summed E-state index contributed by atoms with van der Waals surface area (Å²) in [6.07, 6.45) is 0. The number of benzene rings is 1. The zero-order valence-corrected chi connectivity index (χ0v) is 13.9. The van der Waals surface area contributed by atoms with Crippen molar-refractivity contribution in [3.8, 4) is 0 Å². The van der Waals surface area contributed by atoms with Crippen molar-refractivity contribution in [1.82, 2.24) is 9.97 Å². The fourth-order valence-corrected chi connectivity index (χ4v) is 2.08. The summed E-state index contributed by atoms with van der Waals surface area (Å²) >= 11 is 16.6. The van der Waals surface area contributed by atoms with Crippen molar-refractivity contribution in [2.75, 3.05) is 5.32 Å². The molecule has 1 N–H and O–H groups in total. The number of hydrogen-bond acceptors (Lipinski definition) is 3. The lowest BCUT2D eigenvalue weighted by Gasteiger charge is -2.04. The van der Waals surface area contributed by atoms with Crippen LogP contribution in [0.15, 0.2) is 60.7 Å². The van der Waals surface area contributed by atoms with Gasteiger partial charge in [0.05, 0.1) is 0 Å². The van der Waals surface area contributed by atoms with E-state index in [0.717, 1.165) is 5.69 Å². The van der Waals surface area contributed by atoms with E-state index in [2.05, 4.69) is 15.3 Å². The van der Waals surface area contributed by atoms with Crippen LogP contribution in [0.25, 0.3) is 0 Å². The third kappa shape index (κ3) is 6.40. The molecule has 0 aliphatic heterocycles. The Bertz CT molecular complexity index is 749. The summed E-state index contributed by atoms with van der Waals surface area (Å²) in [6.45, 7) is 0. The Morgan fingerprint density at radius 2 is 1.22 bits per heavy atom.